The number of nitrogen functional groups attached to an aromatic ring is 1. The number of carboxylic acid groups (broad SMARTS) is 1. The molecule has 4 rings (SSSR count). The Morgan fingerprint density at radius 1 is 1.30 bits per heavy atom. The number of hydrogen-bond donors (Lipinski definition) is 2. The zero-order chi connectivity index (χ0) is 16.1. The van der Waals surface area contributed by atoms with Gasteiger partial charge in [-0.05, 0) is 48.6 Å². The van der Waals surface area contributed by atoms with E-state index < -0.39 is 11.8 Å². The molecule has 7 heteroatoms. The first-order valence-electron chi connectivity index (χ1n) is 7.13. The Kier molecular flexibility index (Phi) is 2.84. The average Bonchev–Trinajstić information content (AvgIpc) is 3.25. The lowest BCUT2D eigenvalue weighted by molar-refractivity contribution is 0.0690. The molecule has 1 aromatic carbocycles. The number of hydrogen-bond acceptors (Lipinski definition) is 5. The van der Waals surface area contributed by atoms with Crippen LogP contribution in [0.5, 0.6) is 0 Å². The molecule has 0 radical (unpaired) electrons. The van der Waals surface area contributed by atoms with Crippen molar-refractivity contribution >= 4 is 22.9 Å². The number of aromatic nitrogens is 2. The Morgan fingerprint density at radius 2 is 2.09 bits per heavy atom. The van der Waals surface area contributed by atoms with Gasteiger partial charge in [-0.3, -0.25) is 0 Å². The second kappa shape index (κ2) is 4.77. The molecule has 1 aliphatic carbocycles. The quantitative estimate of drug-likeness (QED) is 0.720. The molecule has 2 aromatic heterocycles. The highest BCUT2D eigenvalue weighted by Gasteiger charge is 2.29. The highest BCUT2D eigenvalue weighted by atomic mass is 19.1. The van der Waals surface area contributed by atoms with Crippen LogP contribution in [0.3, 0.4) is 0 Å². The minimum Gasteiger partial charge on any atom is -0.477 e. The third-order valence-corrected chi connectivity index (χ3v) is 3.86. The standard InChI is InChI=1S/C16H12FN3O3/c17-11-5-8(18)3-4-9(11)14-20-13-10(7-1-2-7)6-12(16(21)22)19-15(13)23-14/h3-7H,1-2,18H2,(H,21,22). The smallest absolute Gasteiger partial charge is 0.354 e. The third kappa shape index (κ3) is 2.30. The summed E-state index contributed by atoms with van der Waals surface area (Å²) in [7, 11) is 0. The molecule has 0 amide bonds. The predicted molar refractivity (Wildman–Crippen MR) is 80.5 cm³/mol. The summed E-state index contributed by atoms with van der Waals surface area (Å²) in [5, 5.41) is 9.17. The van der Waals surface area contributed by atoms with Gasteiger partial charge in [-0.2, -0.15) is 0 Å². The second-order valence-corrected chi connectivity index (χ2v) is 5.59. The van der Waals surface area contributed by atoms with Gasteiger partial charge in [0.05, 0.1) is 5.56 Å². The molecule has 2 heterocycles. The molecule has 1 saturated carbocycles. The lowest BCUT2D eigenvalue weighted by atomic mass is 10.1. The Labute approximate surface area is 129 Å². The van der Waals surface area contributed by atoms with Crippen LogP contribution < -0.4 is 5.73 Å². The van der Waals surface area contributed by atoms with Crippen LogP contribution in [-0.2, 0) is 0 Å². The van der Waals surface area contributed by atoms with Gasteiger partial charge in [0.2, 0.25) is 11.6 Å². The van der Waals surface area contributed by atoms with Crippen molar-refractivity contribution in [2.24, 2.45) is 0 Å². The van der Waals surface area contributed by atoms with Crippen LogP contribution >= 0.6 is 0 Å². The molecule has 3 N–H and O–H groups in total. The third-order valence-electron chi connectivity index (χ3n) is 3.86. The fourth-order valence-corrected chi connectivity index (χ4v) is 2.57. The van der Waals surface area contributed by atoms with Crippen molar-refractivity contribution < 1.29 is 18.7 Å². The van der Waals surface area contributed by atoms with E-state index in [1.165, 1.54) is 18.2 Å². The molecule has 0 spiro atoms. The maximum atomic E-state index is 14.0. The van der Waals surface area contributed by atoms with E-state index in [0.29, 0.717) is 11.2 Å². The molecular weight excluding hydrogens is 301 g/mol. The summed E-state index contributed by atoms with van der Waals surface area (Å²) in [5.74, 6) is -1.37. The van der Waals surface area contributed by atoms with E-state index in [4.69, 9.17) is 10.2 Å². The summed E-state index contributed by atoms with van der Waals surface area (Å²) in [4.78, 5) is 19.5. The molecule has 0 bridgehead atoms. The summed E-state index contributed by atoms with van der Waals surface area (Å²) in [6.07, 6.45) is 1.94. The number of carboxylic acids is 1. The van der Waals surface area contributed by atoms with Crippen LogP contribution in [0.2, 0.25) is 0 Å². The molecule has 23 heavy (non-hydrogen) atoms. The molecule has 3 aromatic rings. The predicted octanol–water partition coefficient (Wildman–Crippen LogP) is 3.19. The first-order valence-corrected chi connectivity index (χ1v) is 7.13. The van der Waals surface area contributed by atoms with Gasteiger partial charge in [-0.25, -0.2) is 19.2 Å². The van der Waals surface area contributed by atoms with Gasteiger partial charge in [0, 0.05) is 5.69 Å². The van der Waals surface area contributed by atoms with E-state index in [2.05, 4.69) is 9.97 Å². The van der Waals surface area contributed by atoms with E-state index >= 15 is 0 Å². The number of pyridine rings is 1. The number of carbonyl (C=O) groups is 1. The van der Waals surface area contributed by atoms with Gasteiger partial charge in [0.15, 0.2) is 5.69 Å². The van der Waals surface area contributed by atoms with E-state index in [1.54, 1.807) is 6.07 Å². The maximum Gasteiger partial charge on any atom is 0.354 e. The SMILES string of the molecule is Nc1ccc(-c2nc3c(C4CC4)cc(C(=O)O)nc3o2)c(F)c1. The molecule has 0 unspecified atom stereocenters. The number of nitrogens with two attached hydrogens (primary N) is 1. The van der Waals surface area contributed by atoms with Crippen molar-refractivity contribution in [2.45, 2.75) is 18.8 Å². The highest BCUT2D eigenvalue weighted by Crippen LogP contribution is 2.43. The van der Waals surface area contributed by atoms with Gasteiger partial charge in [-0.15, -0.1) is 0 Å². The van der Waals surface area contributed by atoms with E-state index in [-0.39, 0.29) is 28.8 Å². The van der Waals surface area contributed by atoms with Crippen LogP contribution in [0.25, 0.3) is 22.7 Å². The molecule has 116 valence electrons. The Morgan fingerprint density at radius 3 is 2.74 bits per heavy atom. The molecule has 1 aliphatic rings. The lowest BCUT2D eigenvalue weighted by Crippen LogP contribution is -2.01. The molecule has 1 fully saturated rings. The van der Waals surface area contributed by atoms with Crippen LogP contribution in [0.1, 0.15) is 34.8 Å². The van der Waals surface area contributed by atoms with Crippen molar-refractivity contribution in [1.29, 1.82) is 0 Å². The van der Waals surface area contributed by atoms with Crippen LogP contribution in [-0.4, -0.2) is 21.0 Å². The lowest BCUT2D eigenvalue weighted by Gasteiger charge is -2.00. The number of oxazole rings is 1. The Bertz CT molecular complexity index is 947. The summed E-state index contributed by atoms with van der Waals surface area (Å²) >= 11 is 0. The number of rotatable bonds is 3. The van der Waals surface area contributed by atoms with Gasteiger partial charge >= 0.3 is 5.97 Å². The number of fused-ring (bicyclic) bond motifs is 1. The number of benzene rings is 1. The van der Waals surface area contributed by atoms with Crippen molar-refractivity contribution in [3.05, 3.63) is 41.3 Å². The number of aromatic carboxylic acids is 1. The number of halogens is 1. The molecular formula is C16H12FN3O3. The van der Waals surface area contributed by atoms with Crippen molar-refractivity contribution in [3.63, 3.8) is 0 Å². The maximum absolute atomic E-state index is 14.0. The Hall–Kier alpha value is -2.96. The van der Waals surface area contributed by atoms with E-state index in [1.807, 2.05) is 0 Å². The van der Waals surface area contributed by atoms with Crippen molar-refractivity contribution in [3.8, 4) is 11.5 Å². The summed E-state index contributed by atoms with van der Waals surface area (Å²) in [6.45, 7) is 0. The average molecular weight is 313 g/mol. The first kappa shape index (κ1) is 13.7. The minimum atomic E-state index is -1.13. The monoisotopic (exact) mass is 313 g/mol. The topological polar surface area (TPSA) is 102 Å². The van der Waals surface area contributed by atoms with Gasteiger partial charge in [-0.1, -0.05) is 0 Å². The normalized spacial score (nSPS) is 14.3. The summed E-state index contributed by atoms with van der Waals surface area (Å²) < 4.78 is 19.6. The van der Waals surface area contributed by atoms with Gasteiger partial charge < -0.3 is 15.3 Å². The summed E-state index contributed by atoms with van der Waals surface area (Å²) in [5.41, 5.74) is 7.29. The van der Waals surface area contributed by atoms with Crippen LogP contribution in [0.4, 0.5) is 10.1 Å². The van der Waals surface area contributed by atoms with Crippen molar-refractivity contribution in [2.75, 3.05) is 5.73 Å². The molecule has 0 atom stereocenters. The zero-order valence-corrected chi connectivity index (χ0v) is 11.9. The van der Waals surface area contributed by atoms with Gasteiger partial charge in [0.1, 0.15) is 11.3 Å². The molecule has 0 saturated heterocycles. The second-order valence-electron chi connectivity index (χ2n) is 5.59. The van der Waals surface area contributed by atoms with Crippen LogP contribution in [0.15, 0.2) is 28.7 Å². The van der Waals surface area contributed by atoms with Crippen LogP contribution in [0, 0.1) is 5.82 Å². The van der Waals surface area contributed by atoms with Gasteiger partial charge in [0.25, 0.3) is 0 Å². The van der Waals surface area contributed by atoms with Crippen molar-refractivity contribution in [1.82, 2.24) is 9.97 Å². The zero-order valence-electron chi connectivity index (χ0n) is 11.9. The fourth-order valence-electron chi connectivity index (χ4n) is 2.57. The Balaban J connectivity index is 1.93. The minimum absolute atomic E-state index is 0.0643. The number of nitrogens with zero attached hydrogens (tertiary/aromatic N) is 2. The fraction of sp³-hybridized carbons (Fsp3) is 0.188. The largest absolute Gasteiger partial charge is 0.477 e. The number of anilines is 1. The first-order chi connectivity index (χ1) is 11.0. The molecule has 6 nitrogen and oxygen atoms in total. The van der Waals surface area contributed by atoms with E-state index in [9.17, 15) is 14.3 Å². The summed E-state index contributed by atoms with van der Waals surface area (Å²) in [6, 6.07) is 5.73. The van der Waals surface area contributed by atoms with E-state index in [0.717, 1.165) is 18.4 Å². The molecule has 0 aliphatic heterocycles. The highest BCUT2D eigenvalue weighted by molar-refractivity contribution is 5.89.